The summed E-state index contributed by atoms with van der Waals surface area (Å²) in [5.41, 5.74) is 2.61. The van der Waals surface area contributed by atoms with Gasteiger partial charge in [-0.3, -0.25) is 14.9 Å². The fourth-order valence-corrected chi connectivity index (χ4v) is 2.98. The Kier molecular flexibility index (Phi) is 6.22. The molecule has 0 fully saturated rings. The smallest absolute Gasteiger partial charge is 0.322 e. The van der Waals surface area contributed by atoms with Crippen molar-refractivity contribution in [1.82, 2.24) is 10.2 Å². The van der Waals surface area contributed by atoms with Crippen LogP contribution in [0.15, 0.2) is 83.3 Å². The Bertz CT molecular complexity index is 1200. The number of rotatable bonds is 7. The number of hydrogen-bond donors (Lipinski definition) is 2. The Balaban J connectivity index is 1.34. The van der Waals surface area contributed by atoms with Gasteiger partial charge in [0.1, 0.15) is 5.75 Å². The van der Waals surface area contributed by atoms with Crippen molar-refractivity contribution in [2.45, 2.75) is 6.42 Å². The third-order valence-electron chi connectivity index (χ3n) is 4.62. The number of benzene rings is 3. The molecule has 160 valence electrons. The predicted octanol–water partition coefficient (Wildman–Crippen LogP) is 4.18. The van der Waals surface area contributed by atoms with E-state index >= 15 is 0 Å². The third kappa shape index (κ3) is 5.17. The molecule has 3 aromatic carbocycles. The summed E-state index contributed by atoms with van der Waals surface area (Å²) in [5.74, 6) is 0.448. The van der Waals surface area contributed by atoms with Crippen LogP contribution in [0, 0.1) is 0 Å². The summed E-state index contributed by atoms with van der Waals surface area (Å²) >= 11 is 0. The zero-order valence-corrected chi connectivity index (χ0v) is 17.2. The second kappa shape index (κ2) is 9.57. The minimum atomic E-state index is -0.405. The van der Waals surface area contributed by atoms with Crippen molar-refractivity contribution in [2.75, 3.05) is 17.7 Å². The molecule has 2 amide bonds. The third-order valence-corrected chi connectivity index (χ3v) is 4.62. The second-order valence-electron chi connectivity index (χ2n) is 6.88. The highest BCUT2D eigenvalue weighted by molar-refractivity contribution is 6.03. The molecule has 8 nitrogen and oxygen atoms in total. The van der Waals surface area contributed by atoms with E-state index in [9.17, 15) is 9.59 Å². The maximum Gasteiger partial charge on any atom is 0.322 e. The van der Waals surface area contributed by atoms with Crippen molar-refractivity contribution in [2.24, 2.45) is 0 Å². The van der Waals surface area contributed by atoms with Crippen LogP contribution in [0.2, 0.25) is 0 Å². The van der Waals surface area contributed by atoms with Gasteiger partial charge in [0.05, 0.1) is 13.5 Å². The first kappa shape index (κ1) is 20.8. The average Bonchev–Trinajstić information content (AvgIpc) is 3.28. The molecule has 32 heavy (non-hydrogen) atoms. The lowest BCUT2D eigenvalue weighted by atomic mass is 10.1. The maximum absolute atomic E-state index is 12.5. The van der Waals surface area contributed by atoms with Gasteiger partial charge >= 0.3 is 6.01 Å². The summed E-state index contributed by atoms with van der Waals surface area (Å²) in [6, 6.07) is 23.1. The number of hydrogen-bond acceptors (Lipinski definition) is 6. The zero-order chi connectivity index (χ0) is 22.3. The number of carbonyl (C=O) groups is 2. The summed E-state index contributed by atoms with van der Waals surface area (Å²) < 4.78 is 10.6. The summed E-state index contributed by atoms with van der Waals surface area (Å²) in [6.07, 6.45) is 0.275. The van der Waals surface area contributed by atoms with Crippen molar-refractivity contribution in [3.05, 3.63) is 90.0 Å². The van der Waals surface area contributed by atoms with Gasteiger partial charge in [-0.2, -0.15) is 0 Å². The zero-order valence-electron chi connectivity index (χ0n) is 17.2. The number of aromatic nitrogens is 2. The normalized spacial score (nSPS) is 10.4. The number of nitrogens with zero attached hydrogens (tertiary/aromatic N) is 2. The molecule has 0 spiro atoms. The van der Waals surface area contributed by atoms with Gasteiger partial charge in [-0.05, 0) is 54.1 Å². The first-order chi connectivity index (χ1) is 15.6. The molecule has 0 aliphatic rings. The van der Waals surface area contributed by atoms with Gasteiger partial charge in [-0.1, -0.05) is 35.4 Å². The topological polar surface area (TPSA) is 106 Å². The number of nitrogens with one attached hydrogen (secondary N) is 2. The quantitative estimate of drug-likeness (QED) is 0.457. The summed E-state index contributed by atoms with van der Waals surface area (Å²) in [7, 11) is 1.58. The van der Waals surface area contributed by atoms with E-state index in [0.717, 1.165) is 5.56 Å². The van der Waals surface area contributed by atoms with Crippen LogP contribution in [0.5, 0.6) is 5.75 Å². The maximum atomic E-state index is 12.5. The van der Waals surface area contributed by atoms with Gasteiger partial charge in [-0.15, -0.1) is 5.10 Å². The monoisotopic (exact) mass is 428 g/mol. The summed E-state index contributed by atoms with van der Waals surface area (Å²) in [6.45, 7) is 0. The van der Waals surface area contributed by atoms with Gasteiger partial charge in [0.15, 0.2) is 0 Å². The van der Waals surface area contributed by atoms with Crippen molar-refractivity contribution >= 4 is 23.5 Å². The molecule has 2 N–H and O–H groups in total. The van der Waals surface area contributed by atoms with E-state index in [4.69, 9.17) is 9.15 Å². The molecule has 0 atom stereocenters. The number of ether oxygens (including phenoxy) is 1. The molecule has 0 radical (unpaired) electrons. The Labute approximate surface area is 184 Å². The molecule has 1 heterocycles. The Morgan fingerprint density at radius 2 is 1.59 bits per heavy atom. The molecule has 8 heteroatoms. The lowest BCUT2D eigenvalue weighted by molar-refractivity contribution is -0.115. The molecule has 0 saturated carbocycles. The Morgan fingerprint density at radius 3 is 2.28 bits per heavy atom. The number of anilines is 2. The number of carbonyl (C=O) groups excluding carboxylic acids is 2. The Morgan fingerprint density at radius 1 is 0.875 bits per heavy atom. The highest BCUT2D eigenvalue weighted by atomic mass is 16.5. The number of amides is 2. The first-order valence-electron chi connectivity index (χ1n) is 9.84. The largest absolute Gasteiger partial charge is 0.497 e. The van der Waals surface area contributed by atoms with E-state index < -0.39 is 5.91 Å². The van der Waals surface area contributed by atoms with Crippen LogP contribution in [0.3, 0.4) is 0 Å². The fourth-order valence-electron chi connectivity index (χ4n) is 2.98. The van der Waals surface area contributed by atoms with Gasteiger partial charge in [0, 0.05) is 16.8 Å². The molecule has 0 aliphatic heterocycles. The molecule has 0 bridgehead atoms. The summed E-state index contributed by atoms with van der Waals surface area (Å²) in [4.78, 5) is 24.6. The van der Waals surface area contributed by atoms with E-state index in [1.807, 2.05) is 30.3 Å². The van der Waals surface area contributed by atoms with E-state index in [-0.39, 0.29) is 24.2 Å². The minimum Gasteiger partial charge on any atom is -0.497 e. The molecule has 4 aromatic rings. The fraction of sp³-hybridized carbons (Fsp3) is 0.0833. The van der Waals surface area contributed by atoms with Crippen molar-refractivity contribution in [3.63, 3.8) is 0 Å². The lowest BCUT2D eigenvalue weighted by Gasteiger charge is -2.06. The molecule has 0 unspecified atom stereocenters. The summed E-state index contributed by atoms with van der Waals surface area (Å²) in [5, 5.41) is 13.2. The minimum absolute atomic E-state index is 0.0129. The van der Waals surface area contributed by atoms with E-state index in [1.165, 1.54) is 0 Å². The van der Waals surface area contributed by atoms with Crippen LogP contribution in [-0.4, -0.2) is 29.1 Å². The van der Waals surface area contributed by atoms with Gasteiger partial charge < -0.3 is 14.5 Å². The highest BCUT2D eigenvalue weighted by Crippen LogP contribution is 2.23. The van der Waals surface area contributed by atoms with E-state index in [2.05, 4.69) is 20.8 Å². The van der Waals surface area contributed by atoms with Crippen LogP contribution >= 0.6 is 0 Å². The molecule has 4 rings (SSSR count). The van der Waals surface area contributed by atoms with Gasteiger partial charge in [0.25, 0.3) is 5.91 Å². The van der Waals surface area contributed by atoms with Crippen LogP contribution < -0.4 is 15.4 Å². The molecular formula is C24H20N4O4. The van der Waals surface area contributed by atoms with Crippen molar-refractivity contribution in [1.29, 1.82) is 0 Å². The molecular weight excluding hydrogens is 408 g/mol. The van der Waals surface area contributed by atoms with Crippen molar-refractivity contribution in [3.8, 4) is 17.2 Å². The lowest BCUT2D eigenvalue weighted by Crippen LogP contribution is -2.15. The molecule has 0 aliphatic carbocycles. The standard InChI is InChI=1S/C24H20N4O4/c1-31-20-13-9-18(10-14-20)23-27-28-24(32-23)26-22(30)17-7-11-19(12-8-17)25-21(29)15-16-5-3-2-4-6-16/h2-14H,15H2,1H3,(H,25,29)(H,26,28,30). The van der Waals surface area contributed by atoms with Gasteiger partial charge in [0.2, 0.25) is 11.8 Å². The average molecular weight is 428 g/mol. The molecule has 1 aromatic heterocycles. The van der Waals surface area contributed by atoms with Crippen LogP contribution in [0.1, 0.15) is 15.9 Å². The van der Waals surface area contributed by atoms with Crippen LogP contribution in [-0.2, 0) is 11.2 Å². The van der Waals surface area contributed by atoms with Crippen LogP contribution in [0.4, 0.5) is 11.7 Å². The second-order valence-corrected chi connectivity index (χ2v) is 6.88. The van der Waals surface area contributed by atoms with E-state index in [0.29, 0.717) is 22.6 Å². The molecule has 0 saturated heterocycles. The number of methoxy groups -OCH3 is 1. The Hall–Kier alpha value is -4.46. The predicted molar refractivity (Wildman–Crippen MR) is 119 cm³/mol. The SMILES string of the molecule is COc1ccc(-c2nnc(NC(=O)c3ccc(NC(=O)Cc4ccccc4)cc3)o2)cc1. The first-order valence-corrected chi connectivity index (χ1v) is 9.84. The van der Waals surface area contributed by atoms with Crippen LogP contribution in [0.25, 0.3) is 11.5 Å². The van der Waals surface area contributed by atoms with E-state index in [1.54, 1.807) is 55.6 Å². The van der Waals surface area contributed by atoms with Crippen molar-refractivity contribution < 1.29 is 18.7 Å². The van der Waals surface area contributed by atoms with Gasteiger partial charge in [-0.25, -0.2) is 0 Å². The highest BCUT2D eigenvalue weighted by Gasteiger charge is 2.13.